The van der Waals surface area contributed by atoms with Gasteiger partial charge in [-0.15, -0.1) is 0 Å². The van der Waals surface area contributed by atoms with Crippen LogP contribution in [-0.4, -0.2) is 41.7 Å². The SMILES string of the molecule is COC(=O)CCNC(=O)Nc1cccnc1C(=O)O. The molecule has 0 fully saturated rings. The number of anilines is 1. The summed E-state index contributed by atoms with van der Waals surface area (Å²) < 4.78 is 4.40. The molecule has 0 bridgehead atoms. The first kappa shape index (κ1) is 14.4. The van der Waals surface area contributed by atoms with Gasteiger partial charge >= 0.3 is 18.0 Å². The molecule has 102 valence electrons. The summed E-state index contributed by atoms with van der Waals surface area (Å²) in [5.74, 6) is -1.70. The molecule has 8 nitrogen and oxygen atoms in total. The van der Waals surface area contributed by atoms with Gasteiger partial charge in [-0.3, -0.25) is 4.79 Å². The Morgan fingerprint density at radius 1 is 1.42 bits per heavy atom. The molecule has 0 aliphatic rings. The van der Waals surface area contributed by atoms with Crippen LogP contribution < -0.4 is 10.6 Å². The molecule has 1 aromatic rings. The van der Waals surface area contributed by atoms with Crippen LogP contribution in [0.1, 0.15) is 16.9 Å². The molecule has 0 atom stereocenters. The Balaban J connectivity index is 2.53. The molecule has 1 rings (SSSR count). The molecule has 1 heterocycles. The zero-order valence-corrected chi connectivity index (χ0v) is 10.2. The first-order valence-electron chi connectivity index (χ1n) is 5.34. The number of pyridine rings is 1. The number of nitrogens with one attached hydrogen (secondary N) is 2. The minimum Gasteiger partial charge on any atom is -0.476 e. The van der Waals surface area contributed by atoms with E-state index in [0.717, 1.165) is 0 Å². The van der Waals surface area contributed by atoms with Crippen LogP contribution in [0.5, 0.6) is 0 Å². The Hall–Kier alpha value is -2.64. The monoisotopic (exact) mass is 267 g/mol. The lowest BCUT2D eigenvalue weighted by Crippen LogP contribution is -2.31. The molecule has 1 aromatic heterocycles. The van der Waals surface area contributed by atoms with Gasteiger partial charge in [0.2, 0.25) is 0 Å². The molecule has 2 amide bonds. The van der Waals surface area contributed by atoms with Crippen molar-refractivity contribution in [2.75, 3.05) is 19.0 Å². The van der Waals surface area contributed by atoms with Crippen molar-refractivity contribution in [3.05, 3.63) is 24.0 Å². The molecule has 0 unspecified atom stereocenters. The topological polar surface area (TPSA) is 118 Å². The number of esters is 1. The highest BCUT2D eigenvalue weighted by Gasteiger charge is 2.13. The van der Waals surface area contributed by atoms with E-state index in [0.29, 0.717) is 0 Å². The van der Waals surface area contributed by atoms with Gasteiger partial charge in [-0.05, 0) is 12.1 Å². The van der Waals surface area contributed by atoms with Crippen molar-refractivity contribution in [3.63, 3.8) is 0 Å². The quantitative estimate of drug-likeness (QED) is 0.667. The molecule has 0 aliphatic heterocycles. The summed E-state index contributed by atoms with van der Waals surface area (Å²) in [6.45, 7) is 0.0845. The number of carboxylic acids is 1. The first-order chi connectivity index (χ1) is 9.04. The molecule has 0 aliphatic carbocycles. The molecule has 3 N–H and O–H groups in total. The molecule has 0 saturated carbocycles. The lowest BCUT2D eigenvalue weighted by Gasteiger charge is -2.08. The summed E-state index contributed by atoms with van der Waals surface area (Å²) in [7, 11) is 1.25. The first-order valence-corrected chi connectivity index (χ1v) is 5.34. The molecular weight excluding hydrogens is 254 g/mol. The number of aromatic carboxylic acids is 1. The number of methoxy groups -OCH3 is 1. The van der Waals surface area contributed by atoms with E-state index in [-0.39, 0.29) is 24.3 Å². The Bertz CT molecular complexity index is 489. The normalized spacial score (nSPS) is 9.53. The average molecular weight is 267 g/mol. The van der Waals surface area contributed by atoms with Crippen LogP contribution in [0, 0.1) is 0 Å². The summed E-state index contributed by atoms with van der Waals surface area (Å²) in [6, 6.07) is 2.28. The summed E-state index contributed by atoms with van der Waals surface area (Å²) >= 11 is 0. The molecule has 0 aromatic carbocycles. The van der Waals surface area contributed by atoms with Crippen LogP contribution in [-0.2, 0) is 9.53 Å². The maximum Gasteiger partial charge on any atom is 0.356 e. The number of carbonyl (C=O) groups excluding carboxylic acids is 2. The van der Waals surface area contributed by atoms with Gasteiger partial charge in [0.1, 0.15) is 0 Å². The summed E-state index contributed by atoms with van der Waals surface area (Å²) in [5, 5.41) is 13.6. The number of carbonyl (C=O) groups is 3. The highest BCUT2D eigenvalue weighted by molar-refractivity contribution is 5.98. The number of rotatable bonds is 5. The van der Waals surface area contributed by atoms with E-state index in [1.165, 1.54) is 25.4 Å². The van der Waals surface area contributed by atoms with Gasteiger partial charge in [0.05, 0.1) is 19.2 Å². The molecule has 0 radical (unpaired) electrons. The zero-order valence-electron chi connectivity index (χ0n) is 10.2. The Morgan fingerprint density at radius 3 is 2.79 bits per heavy atom. The number of hydrogen-bond acceptors (Lipinski definition) is 5. The molecule has 0 saturated heterocycles. The van der Waals surface area contributed by atoms with Crippen molar-refractivity contribution in [1.29, 1.82) is 0 Å². The third kappa shape index (κ3) is 4.62. The Labute approximate surface area is 108 Å². The maximum atomic E-state index is 11.5. The lowest BCUT2D eigenvalue weighted by molar-refractivity contribution is -0.140. The number of aromatic nitrogens is 1. The number of ether oxygens (including phenoxy) is 1. The van der Waals surface area contributed by atoms with Crippen LogP contribution in [0.2, 0.25) is 0 Å². The third-order valence-electron chi connectivity index (χ3n) is 2.10. The average Bonchev–Trinajstić information content (AvgIpc) is 2.38. The van der Waals surface area contributed by atoms with E-state index < -0.39 is 18.0 Å². The van der Waals surface area contributed by atoms with Crippen molar-refractivity contribution < 1.29 is 24.2 Å². The van der Waals surface area contributed by atoms with E-state index in [2.05, 4.69) is 20.4 Å². The zero-order chi connectivity index (χ0) is 14.3. The van der Waals surface area contributed by atoms with Gasteiger partial charge in [-0.1, -0.05) is 0 Å². The summed E-state index contributed by atoms with van der Waals surface area (Å²) in [5.41, 5.74) is -0.184. The third-order valence-corrected chi connectivity index (χ3v) is 2.10. The standard InChI is InChI=1S/C11H13N3O5/c1-19-8(15)4-6-13-11(18)14-7-3-2-5-12-9(7)10(16)17/h2-3,5H,4,6H2,1H3,(H,16,17)(H2,13,14,18). The van der Waals surface area contributed by atoms with Gasteiger partial charge in [0.15, 0.2) is 5.69 Å². The summed E-state index contributed by atoms with van der Waals surface area (Å²) in [6.07, 6.45) is 1.34. The van der Waals surface area contributed by atoms with Crippen molar-refractivity contribution in [2.45, 2.75) is 6.42 Å². The molecule has 0 spiro atoms. The highest BCUT2D eigenvalue weighted by Crippen LogP contribution is 2.11. The minimum atomic E-state index is -1.24. The lowest BCUT2D eigenvalue weighted by atomic mass is 10.3. The minimum absolute atomic E-state index is 0.0305. The van der Waals surface area contributed by atoms with Crippen molar-refractivity contribution in [2.24, 2.45) is 0 Å². The second-order valence-corrected chi connectivity index (χ2v) is 3.41. The number of urea groups is 1. The van der Waals surface area contributed by atoms with Crippen LogP contribution in [0.4, 0.5) is 10.5 Å². The molecule has 8 heteroatoms. The van der Waals surface area contributed by atoms with E-state index in [9.17, 15) is 14.4 Å². The van der Waals surface area contributed by atoms with Crippen molar-refractivity contribution in [1.82, 2.24) is 10.3 Å². The van der Waals surface area contributed by atoms with Crippen molar-refractivity contribution in [3.8, 4) is 0 Å². The van der Waals surface area contributed by atoms with Gasteiger partial charge < -0.3 is 20.5 Å². The fourth-order valence-electron chi connectivity index (χ4n) is 1.22. The predicted molar refractivity (Wildman–Crippen MR) is 64.9 cm³/mol. The fourth-order valence-corrected chi connectivity index (χ4v) is 1.22. The van der Waals surface area contributed by atoms with Gasteiger partial charge in [-0.25, -0.2) is 14.6 Å². The second-order valence-electron chi connectivity index (χ2n) is 3.41. The van der Waals surface area contributed by atoms with Crippen LogP contribution >= 0.6 is 0 Å². The molecular formula is C11H13N3O5. The predicted octanol–water partition coefficient (Wildman–Crippen LogP) is 0.464. The van der Waals surface area contributed by atoms with Crippen LogP contribution in [0.3, 0.4) is 0 Å². The number of carboxylic acid groups (broad SMARTS) is 1. The van der Waals surface area contributed by atoms with E-state index in [1.54, 1.807) is 0 Å². The number of hydrogen-bond donors (Lipinski definition) is 3. The smallest absolute Gasteiger partial charge is 0.356 e. The maximum absolute atomic E-state index is 11.5. The largest absolute Gasteiger partial charge is 0.476 e. The van der Waals surface area contributed by atoms with E-state index in [1.807, 2.05) is 0 Å². The summed E-state index contributed by atoms with van der Waals surface area (Å²) in [4.78, 5) is 36.8. The Kier molecular flexibility index (Phi) is 5.27. The van der Waals surface area contributed by atoms with Crippen LogP contribution in [0.15, 0.2) is 18.3 Å². The number of amides is 2. The van der Waals surface area contributed by atoms with Crippen LogP contribution in [0.25, 0.3) is 0 Å². The molecule has 19 heavy (non-hydrogen) atoms. The Morgan fingerprint density at radius 2 is 2.16 bits per heavy atom. The highest BCUT2D eigenvalue weighted by atomic mass is 16.5. The van der Waals surface area contributed by atoms with Gasteiger partial charge in [0, 0.05) is 12.7 Å². The van der Waals surface area contributed by atoms with Gasteiger partial charge in [0.25, 0.3) is 0 Å². The van der Waals surface area contributed by atoms with E-state index >= 15 is 0 Å². The van der Waals surface area contributed by atoms with Crippen molar-refractivity contribution >= 4 is 23.7 Å². The van der Waals surface area contributed by atoms with E-state index in [4.69, 9.17) is 5.11 Å². The number of nitrogens with zero attached hydrogens (tertiary/aromatic N) is 1. The van der Waals surface area contributed by atoms with Gasteiger partial charge in [-0.2, -0.15) is 0 Å². The second kappa shape index (κ2) is 6.94. The fraction of sp³-hybridized carbons (Fsp3) is 0.273.